The molecule has 31 heavy (non-hydrogen) atoms. The maximum Gasteiger partial charge on any atom is 0.340 e. The van der Waals surface area contributed by atoms with Crippen LogP contribution in [0.3, 0.4) is 0 Å². The van der Waals surface area contributed by atoms with E-state index in [1.165, 1.54) is 7.11 Å². The van der Waals surface area contributed by atoms with Gasteiger partial charge in [0.25, 0.3) is 0 Å². The van der Waals surface area contributed by atoms with Gasteiger partial charge in [-0.05, 0) is 43.9 Å². The number of benzene rings is 1. The quantitative estimate of drug-likeness (QED) is 0.381. The lowest BCUT2D eigenvalue weighted by atomic mass is 9.96. The SMILES string of the molecule is C=C(C)COc1cc2oc(=O)c(CC(=O)N3CCC(C(=O)OC)CC3)c(C)c2cc1Cl. The molecule has 0 N–H and O–H groups in total. The summed E-state index contributed by atoms with van der Waals surface area (Å²) in [5.41, 5.74) is 1.57. The number of carbonyl (C=O) groups is 2. The minimum absolute atomic E-state index is 0.0709. The average molecular weight is 448 g/mol. The van der Waals surface area contributed by atoms with E-state index in [1.54, 1.807) is 24.0 Å². The molecule has 0 spiro atoms. The Kier molecular flexibility index (Phi) is 7.05. The molecule has 1 aliphatic rings. The number of carbonyl (C=O) groups excluding carboxylic acids is 2. The van der Waals surface area contributed by atoms with Gasteiger partial charge in [0, 0.05) is 24.5 Å². The molecular weight excluding hydrogens is 422 g/mol. The van der Waals surface area contributed by atoms with Crippen molar-refractivity contribution in [3.8, 4) is 5.75 Å². The summed E-state index contributed by atoms with van der Waals surface area (Å²) < 4.78 is 15.9. The Hall–Kier alpha value is -2.80. The van der Waals surface area contributed by atoms with Crippen molar-refractivity contribution in [1.29, 1.82) is 0 Å². The molecule has 1 amide bonds. The molecule has 1 aromatic carbocycles. The first-order valence-electron chi connectivity index (χ1n) is 10.1. The molecule has 1 saturated heterocycles. The number of methoxy groups -OCH3 is 1. The van der Waals surface area contributed by atoms with Crippen molar-refractivity contribution in [3.63, 3.8) is 0 Å². The third-order valence-corrected chi connectivity index (χ3v) is 5.82. The van der Waals surface area contributed by atoms with Crippen LogP contribution in [0, 0.1) is 12.8 Å². The lowest BCUT2D eigenvalue weighted by Crippen LogP contribution is -2.41. The molecule has 0 unspecified atom stereocenters. The number of hydrogen-bond acceptors (Lipinski definition) is 6. The number of fused-ring (bicyclic) bond motifs is 1. The molecule has 0 bridgehead atoms. The summed E-state index contributed by atoms with van der Waals surface area (Å²) >= 11 is 6.34. The zero-order valence-corrected chi connectivity index (χ0v) is 18.7. The highest BCUT2D eigenvalue weighted by atomic mass is 35.5. The normalized spacial score (nSPS) is 14.5. The van der Waals surface area contributed by atoms with Crippen LogP contribution in [0.15, 0.2) is 33.5 Å². The number of aryl methyl sites for hydroxylation is 1. The highest BCUT2D eigenvalue weighted by Crippen LogP contribution is 2.32. The first kappa shape index (κ1) is 22.9. The van der Waals surface area contributed by atoms with Gasteiger partial charge in [0.1, 0.15) is 17.9 Å². The Labute approximate surface area is 185 Å². The van der Waals surface area contributed by atoms with Gasteiger partial charge in [-0.15, -0.1) is 0 Å². The van der Waals surface area contributed by atoms with Crippen LogP contribution < -0.4 is 10.4 Å². The van der Waals surface area contributed by atoms with E-state index in [1.807, 2.05) is 6.92 Å². The van der Waals surface area contributed by atoms with Gasteiger partial charge >= 0.3 is 11.6 Å². The predicted octanol–water partition coefficient (Wildman–Crippen LogP) is 3.66. The Morgan fingerprint density at radius 3 is 2.58 bits per heavy atom. The minimum atomic E-state index is -0.559. The zero-order chi connectivity index (χ0) is 22.7. The van der Waals surface area contributed by atoms with Crippen LogP contribution in [0.5, 0.6) is 5.75 Å². The Bertz CT molecular complexity index is 1080. The maximum absolute atomic E-state index is 12.8. The number of ether oxygens (including phenoxy) is 2. The van der Waals surface area contributed by atoms with Crippen molar-refractivity contribution >= 4 is 34.4 Å². The van der Waals surface area contributed by atoms with Gasteiger partial charge in [-0.3, -0.25) is 9.59 Å². The molecule has 0 atom stereocenters. The summed E-state index contributed by atoms with van der Waals surface area (Å²) in [6, 6.07) is 3.26. The lowest BCUT2D eigenvalue weighted by Gasteiger charge is -2.30. The number of esters is 1. The molecule has 166 valence electrons. The van der Waals surface area contributed by atoms with E-state index in [0.29, 0.717) is 65.4 Å². The van der Waals surface area contributed by atoms with E-state index < -0.39 is 5.63 Å². The van der Waals surface area contributed by atoms with Gasteiger partial charge in [0.05, 0.1) is 30.0 Å². The zero-order valence-electron chi connectivity index (χ0n) is 18.0. The van der Waals surface area contributed by atoms with Crippen LogP contribution in [-0.4, -0.2) is 43.6 Å². The van der Waals surface area contributed by atoms with Gasteiger partial charge in [0.15, 0.2) is 0 Å². The number of likely N-dealkylation sites (tertiary alicyclic amines) is 1. The van der Waals surface area contributed by atoms with Gasteiger partial charge in [-0.2, -0.15) is 0 Å². The second kappa shape index (κ2) is 9.56. The summed E-state index contributed by atoms with van der Waals surface area (Å²) in [6.45, 7) is 8.59. The maximum atomic E-state index is 12.8. The fraction of sp³-hybridized carbons (Fsp3) is 0.435. The van der Waals surface area contributed by atoms with E-state index in [9.17, 15) is 14.4 Å². The first-order valence-corrected chi connectivity index (χ1v) is 10.5. The Balaban J connectivity index is 1.80. The van der Waals surface area contributed by atoms with E-state index in [0.717, 1.165) is 5.57 Å². The summed E-state index contributed by atoms with van der Waals surface area (Å²) in [5.74, 6) is -0.214. The van der Waals surface area contributed by atoms with Gasteiger partial charge in [0.2, 0.25) is 5.91 Å². The van der Waals surface area contributed by atoms with E-state index in [-0.39, 0.29) is 24.2 Å². The highest BCUT2D eigenvalue weighted by molar-refractivity contribution is 6.32. The molecule has 1 aromatic heterocycles. The molecule has 1 fully saturated rings. The fourth-order valence-electron chi connectivity index (χ4n) is 3.70. The van der Waals surface area contributed by atoms with Crippen LogP contribution >= 0.6 is 11.6 Å². The van der Waals surface area contributed by atoms with Crippen molar-refractivity contribution < 1.29 is 23.5 Å². The molecule has 3 rings (SSSR count). The largest absolute Gasteiger partial charge is 0.488 e. The molecule has 0 radical (unpaired) electrons. The van der Waals surface area contributed by atoms with Crippen molar-refractivity contribution in [2.75, 3.05) is 26.8 Å². The van der Waals surface area contributed by atoms with Crippen LogP contribution in [-0.2, 0) is 20.7 Å². The molecular formula is C23H26ClNO6. The van der Waals surface area contributed by atoms with Crippen molar-refractivity contribution in [3.05, 3.63) is 50.9 Å². The third kappa shape index (κ3) is 5.10. The Morgan fingerprint density at radius 2 is 1.97 bits per heavy atom. The predicted molar refractivity (Wildman–Crippen MR) is 118 cm³/mol. The fourth-order valence-corrected chi connectivity index (χ4v) is 3.92. The molecule has 1 aliphatic heterocycles. The number of rotatable bonds is 6. The second-order valence-electron chi connectivity index (χ2n) is 7.87. The van der Waals surface area contributed by atoms with Crippen LogP contribution in [0.25, 0.3) is 11.0 Å². The van der Waals surface area contributed by atoms with E-state index in [2.05, 4.69) is 6.58 Å². The molecule has 0 saturated carbocycles. The number of amides is 1. The second-order valence-corrected chi connectivity index (χ2v) is 8.28. The summed E-state index contributed by atoms with van der Waals surface area (Å²) in [7, 11) is 1.36. The van der Waals surface area contributed by atoms with Gasteiger partial charge in [-0.1, -0.05) is 18.2 Å². The van der Waals surface area contributed by atoms with Crippen molar-refractivity contribution in [1.82, 2.24) is 4.90 Å². The average Bonchev–Trinajstić information content (AvgIpc) is 2.75. The summed E-state index contributed by atoms with van der Waals surface area (Å²) in [4.78, 5) is 38.8. The summed E-state index contributed by atoms with van der Waals surface area (Å²) in [6.07, 6.45) is 1.02. The topological polar surface area (TPSA) is 86.0 Å². The lowest BCUT2D eigenvalue weighted by molar-refractivity contribution is -0.148. The Morgan fingerprint density at radius 1 is 1.29 bits per heavy atom. The molecule has 8 heteroatoms. The van der Waals surface area contributed by atoms with Crippen molar-refractivity contribution in [2.45, 2.75) is 33.1 Å². The number of piperidine rings is 1. The van der Waals surface area contributed by atoms with E-state index >= 15 is 0 Å². The monoisotopic (exact) mass is 447 g/mol. The highest BCUT2D eigenvalue weighted by Gasteiger charge is 2.28. The van der Waals surface area contributed by atoms with Gasteiger partial charge < -0.3 is 18.8 Å². The van der Waals surface area contributed by atoms with Crippen molar-refractivity contribution in [2.24, 2.45) is 5.92 Å². The molecule has 0 aliphatic carbocycles. The van der Waals surface area contributed by atoms with E-state index in [4.69, 9.17) is 25.5 Å². The smallest absolute Gasteiger partial charge is 0.340 e. The first-order chi connectivity index (χ1) is 14.7. The minimum Gasteiger partial charge on any atom is -0.488 e. The van der Waals surface area contributed by atoms with Crippen LogP contribution in [0.2, 0.25) is 5.02 Å². The number of hydrogen-bond donors (Lipinski definition) is 0. The van der Waals surface area contributed by atoms with Gasteiger partial charge in [-0.25, -0.2) is 4.79 Å². The molecule has 2 heterocycles. The standard InChI is InChI=1S/C23H26ClNO6/c1-13(2)12-30-20-11-19-16(9-18(20)24)14(3)17(23(28)31-19)10-21(26)25-7-5-15(6-8-25)22(27)29-4/h9,11,15H,1,5-8,10,12H2,2-4H3. The van der Waals surface area contributed by atoms with Crippen LogP contribution in [0.1, 0.15) is 30.9 Å². The van der Waals surface area contributed by atoms with Crippen LogP contribution in [0.4, 0.5) is 0 Å². The molecule has 7 nitrogen and oxygen atoms in total. The summed E-state index contributed by atoms with van der Waals surface area (Å²) in [5, 5.41) is 1.03. The third-order valence-electron chi connectivity index (χ3n) is 5.52. The number of nitrogens with zero attached hydrogens (tertiary/aromatic N) is 1. The number of halogens is 1. The molecule has 2 aromatic rings.